The number of halogens is 1. The van der Waals surface area contributed by atoms with Crippen LogP contribution in [0.4, 0.5) is 5.69 Å². The highest BCUT2D eigenvalue weighted by Crippen LogP contribution is 2.22. The second-order valence-corrected chi connectivity index (χ2v) is 4.93. The first-order valence-corrected chi connectivity index (χ1v) is 6.25. The molecule has 0 saturated carbocycles. The molecule has 2 aliphatic heterocycles. The average molecular weight is 304 g/mol. The molecule has 18 heavy (non-hydrogen) atoms. The Balaban J connectivity index is 1.91. The number of aliphatic imine (C=N–C) groups is 4. The van der Waals surface area contributed by atoms with Crippen molar-refractivity contribution in [2.75, 3.05) is 11.9 Å². The minimum absolute atomic E-state index is 0.535. The molecule has 2 aliphatic rings. The van der Waals surface area contributed by atoms with Crippen LogP contribution in [0.2, 0.25) is 0 Å². The van der Waals surface area contributed by atoms with Gasteiger partial charge >= 0.3 is 0 Å². The van der Waals surface area contributed by atoms with E-state index in [4.69, 9.17) is 0 Å². The SMILES string of the molecule is Brc1cccc(NC2=NC=NCC23C=NC=N3)c1. The van der Waals surface area contributed by atoms with Gasteiger partial charge in [-0.1, -0.05) is 22.0 Å². The molecule has 0 aromatic heterocycles. The number of hydrogen-bond acceptors (Lipinski definition) is 5. The first kappa shape index (κ1) is 11.3. The fourth-order valence-electron chi connectivity index (χ4n) is 1.84. The number of benzene rings is 1. The van der Waals surface area contributed by atoms with Crippen molar-refractivity contribution < 1.29 is 0 Å². The van der Waals surface area contributed by atoms with Gasteiger partial charge in [0, 0.05) is 16.4 Å². The van der Waals surface area contributed by atoms with Gasteiger partial charge in [0.25, 0.3) is 0 Å². The van der Waals surface area contributed by atoms with Crippen LogP contribution in [0.3, 0.4) is 0 Å². The molecule has 90 valence electrons. The fraction of sp³-hybridized carbons (Fsp3) is 0.167. The van der Waals surface area contributed by atoms with Crippen molar-refractivity contribution in [3.05, 3.63) is 28.7 Å². The summed E-state index contributed by atoms with van der Waals surface area (Å²) in [5, 5.41) is 3.28. The lowest BCUT2D eigenvalue weighted by molar-refractivity contribution is 0.769. The largest absolute Gasteiger partial charge is 0.341 e. The highest BCUT2D eigenvalue weighted by Gasteiger charge is 2.37. The molecule has 0 aliphatic carbocycles. The molecule has 0 amide bonds. The minimum Gasteiger partial charge on any atom is -0.341 e. The third-order valence-electron chi connectivity index (χ3n) is 2.74. The first-order valence-electron chi connectivity index (χ1n) is 5.46. The summed E-state index contributed by atoms with van der Waals surface area (Å²) in [7, 11) is 0. The fourth-order valence-corrected chi connectivity index (χ4v) is 2.24. The molecule has 1 atom stereocenters. The molecular weight excluding hydrogens is 294 g/mol. The van der Waals surface area contributed by atoms with Crippen LogP contribution < -0.4 is 5.32 Å². The monoisotopic (exact) mass is 303 g/mol. The van der Waals surface area contributed by atoms with Crippen LogP contribution in [-0.4, -0.2) is 36.8 Å². The zero-order valence-corrected chi connectivity index (χ0v) is 11.0. The second kappa shape index (κ2) is 4.45. The van der Waals surface area contributed by atoms with E-state index in [1.807, 2.05) is 24.3 Å². The van der Waals surface area contributed by atoms with Crippen molar-refractivity contribution in [1.82, 2.24) is 0 Å². The van der Waals surface area contributed by atoms with Gasteiger partial charge in [0.2, 0.25) is 0 Å². The topological polar surface area (TPSA) is 61.5 Å². The average Bonchev–Trinajstić information content (AvgIpc) is 2.82. The predicted octanol–water partition coefficient (Wildman–Crippen LogP) is 2.15. The van der Waals surface area contributed by atoms with E-state index < -0.39 is 5.54 Å². The highest BCUT2D eigenvalue weighted by atomic mass is 79.9. The summed E-state index contributed by atoms with van der Waals surface area (Å²) < 4.78 is 1.01. The van der Waals surface area contributed by atoms with Crippen LogP contribution in [0.15, 0.2) is 48.7 Å². The lowest BCUT2D eigenvalue weighted by Crippen LogP contribution is -2.46. The third-order valence-corrected chi connectivity index (χ3v) is 3.23. The van der Waals surface area contributed by atoms with Gasteiger partial charge in [0.15, 0.2) is 5.54 Å². The number of anilines is 1. The van der Waals surface area contributed by atoms with Gasteiger partial charge in [-0.2, -0.15) is 0 Å². The Kier molecular flexibility index (Phi) is 2.79. The van der Waals surface area contributed by atoms with E-state index >= 15 is 0 Å². The highest BCUT2D eigenvalue weighted by molar-refractivity contribution is 9.10. The maximum Gasteiger partial charge on any atom is 0.174 e. The van der Waals surface area contributed by atoms with E-state index in [1.54, 1.807) is 18.9 Å². The number of amidine groups is 1. The predicted molar refractivity (Wildman–Crippen MR) is 78.3 cm³/mol. The zero-order chi connectivity index (χ0) is 12.4. The maximum atomic E-state index is 4.36. The smallest absolute Gasteiger partial charge is 0.174 e. The van der Waals surface area contributed by atoms with E-state index in [0.29, 0.717) is 6.54 Å². The molecule has 1 N–H and O–H groups in total. The summed E-state index contributed by atoms with van der Waals surface area (Å²) in [6.07, 6.45) is 4.86. The molecule has 1 aromatic carbocycles. The summed E-state index contributed by atoms with van der Waals surface area (Å²) in [4.78, 5) is 16.8. The Hall–Kier alpha value is -1.82. The minimum atomic E-state index is -0.558. The van der Waals surface area contributed by atoms with Gasteiger partial charge in [0.05, 0.1) is 6.54 Å². The Morgan fingerprint density at radius 2 is 2.22 bits per heavy atom. The maximum absolute atomic E-state index is 4.36. The Morgan fingerprint density at radius 1 is 1.28 bits per heavy atom. The van der Waals surface area contributed by atoms with E-state index in [2.05, 4.69) is 41.2 Å². The summed E-state index contributed by atoms with van der Waals surface area (Å²) in [5.41, 5.74) is 0.394. The molecule has 0 saturated heterocycles. The van der Waals surface area contributed by atoms with Crippen LogP contribution in [0.25, 0.3) is 0 Å². The second-order valence-electron chi connectivity index (χ2n) is 4.02. The van der Waals surface area contributed by atoms with Crippen LogP contribution in [0.1, 0.15) is 0 Å². The van der Waals surface area contributed by atoms with Gasteiger partial charge < -0.3 is 5.32 Å². The summed E-state index contributed by atoms with van der Waals surface area (Å²) >= 11 is 3.44. The lowest BCUT2D eigenvalue weighted by Gasteiger charge is -2.25. The number of nitrogens with one attached hydrogen (secondary N) is 1. The van der Waals surface area contributed by atoms with Gasteiger partial charge in [-0.05, 0) is 18.2 Å². The number of nitrogens with zero attached hydrogens (tertiary/aromatic N) is 4. The van der Waals surface area contributed by atoms with Crippen molar-refractivity contribution in [1.29, 1.82) is 0 Å². The summed E-state index contributed by atoms with van der Waals surface area (Å²) in [6, 6.07) is 7.89. The van der Waals surface area contributed by atoms with Gasteiger partial charge in [0.1, 0.15) is 18.5 Å². The molecule has 3 rings (SSSR count). The summed E-state index contributed by atoms with van der Waals surface area (Å²) in [6.45, 7) is 0.535. The van der Waals surface area contributed by atoms with Crippen molar-refractivity contribution in [2.45, 2.75) is 5.54 Å². The van der Waals surface area contributed by atoms with Crippen molar-refractivity contribution in [3.8, 4) is 0 Å². The molecule has 0 bridgehead atoms. The van der Waals surface area contributed by atoms with Crippen LogP contribution in [0, 0.1) is 0 Å². The normalized spacial score (nSPS) is 24.6. The standard InChI is InChI=1S/C12H10BrN5/c13-9-2-1-3-10(4-9)18-11-12(5-14-7-16-11)6-15-8-17-12/h1-4,6-8H,5H2,(H,14,16,18). The third kappa shape index (κ3) is 1.99. The van der Waals surface area contributed by atoms with E-state index in [1.165, 1.54) is 0 Å². The molecule has 1 spiro atoms. The van der Waals surface area contributed by atoms with Crippen molar-refractivity contribution in [3.63, 3.8) is 0 Å². The molecule has 1 unspecified atom stereocenters. The van der Waals surface area contributed by atoms with Crippen molar-refractivity contribution >= 4 is 46.3 Å². The van der Waals surface area contributed by atoms with E-state index in [-0.39, 0.29) is 0 Å². The molecule has 2 heterocycles. The van der Waals surface area contributed by atoms with E-state index in [9.17, 15) is 0 Å². The number of hydrogen-bond donors (Lipinski definition) is 1. The van der Waals surface area contributed by atoms with Gasteiger partial charge in [-0.25, -0.2) is 9.98 Å². The van der Waals surface area contributed by atoms with Crippen LogP contribution >= 0.6 is 15.9 Å². The van der Waals surface area contributed by atoms with Crippen molar-refractivity contribution in [2.24, 2.45) is 20.0 Å². The summed E-state index contributed by atoms with van der Waals surface area (Å²) in [5.74, 6) is 0.744. The molecule has 6 heteroatoms. The Labute approximate surface area is 113 Å². The molecule has 0 radical (unpaired) electrons. The molecule has 0 fully saturated rings. The van der Waals surface area contributed by atoms with E-state index in [0.717, 1.165) is 16.0 Å². The van der Waals surface area contributed by atoms with Crippen LogP contribution in [0.5, 0.6) is 0 Å². The Bertz CT molecular complexity index is 576. The van der Waals surface area contributed by atoms with Crippen LogP contribution in [-0.2, 0) is 0 Å². The van der Waals surface area contributed by atoms with Gasteiger partial charge in [-0.3, -0.25) is 9.98 Å². The quantitative estimate of drug-likeness (QED) is 0.849. The van der Waals surface area contributed by atoms with Gasteiger partial charge in [-0.15, -0.1) is 0 Å². The number of rotatable bonds is 1. The lowest BCUT2D eigenvalue weighted by atomic mass is 10.00. The first-order chi connectivity index (χ1) is 8.78. The molecule has 5 nitrogen and oxygen atoms in total. The zero-order valence-electron chi connectivity index (χ0n) is 9.42. The Morgan fingerprint density at radius 3 is 3.00 bits per heavy atom. The molecular formula is C12H10BrN5. The molecule has 1 aromatic rings.